The van der Waals surface area contributed by atoms with Gasteiger partial charge in [0.1, 0.15) is 0 Å². The molecule has 0 N–H and O–H groups in total. The van der Waals surface area contributed by atoms with E-state index < -0.39 is 0 Å². The highest BCUT2D eigenvalue weighted by Crippen LogP contribution is 2.36. The first-order valence-electron chi connectivity index (χ1n) is 9.52. The first-order chi connectivity index (χ1) is 10.8. The summed E-state index contributed by atoms with van der Waals surface area (Å²) in [6.07, 6.45) is 18.2. The Balaban J connectivity index is 2.28. The van der Waals surface area contributed by atoms with Crippen LogP contribution in [-0.4, -0.2) is 0 Å². The zero-order valence-electron chi connectivity index (χ0n) is 14.7. The third-order valence-electron chi connectivity index (χ3n) is 4.65. The van der Waals surface area contributed by atoms with Crippen molar-refractivity contribution in [2.45, 2.75) is 103 Å². The van der Waals surface area contributed by atoms with E-state index in [0.29, 0.717) is 0 Å². The normalized spacial score (nSPS) is 12.7. The Bertz CT molecular complexity index is 358. The molecule has 0 saturated heterocycles. The third-order valence-corrected chi connectivity index (χ3v) is 6.38. The molecule has 0 radical (unpaired) electrons. The SMILES string of the molecule is CCCCCCCCCC(CCCCCC)c1ccsc1Br. The Morgan fingerprint density at radius 1 is 0.818 bits per heavy atom. The van der Waals surface area contributed by atoms with Gasteiger partial charge in [-0.3, -0.25) is 0 Å². The molecule has 0 amide bonds. The van der Waals surface area contributed by atoms with Crippen molar-refractivity contribution in [2.75, 3.05) is 0 Å². The number of rotatable bonds is 14. The maximum absolute atomic E-state index is 3.76. The second-order valence-corrected chi connectivity index (χ2v) is 8.84. The Hall–Kier alpha value is 0.180. The lowest BCUT2D eigenvalue weighted by Crippen LogP contribution is -1.99. The molecule has 1 heterocycles. The monoisotopic (exact) mass is 386 g/mol. The Morgan fingerprint density at radius 2 is 1.32 bits per heavy atom. The lowest BCUT2D eigenvalue weighted by molar-refractivity contribution is 0.489. The van der Waals surface area contributed by atoms with Crippen LogP contribution in [0.15, 0.2) is 15.2 Å². The molecule has 1 rings (SSSR count). The van der Waals surface area contributed by atoms with Crippen LogP contribution in [0.4, 0.5) is 0 Å². The fourth-order valence-electron chi connectivity index (χ4n) is 3.22. The lowest BCUT2D eigenvalue weighted by atomic mass is 9.90. The number of hydrogen-bond acceptors (Lipinski definition) is 1. The topological polar surface area (TPSA) is 0 Å². The zero-order chi connectivity index (χ0) is 16.0. The molecule has 0 spiro atoms. The van der Waals surface area contributed by atoms with E-state index in [1.807, 2.05) is 11.3 Å². The van der Waals surface area contributed by atoms with E-state index >= 15 is 0 Å². The predicted octanol–water partition coefficient (Wildman–Crippen LogP) is 8.71. The van der Waals surface area contributed by atoms with Crippen molar-refractivity contribution < 1.29 is 0 Å². The molecule has 0 saturated carbocycles. The molecule has 0 bridgehead atoms. The molecule has 0 nitrogen and oxygen atoms in total. The van der Waals surface area contributed by atoms with Gasteiger partial charge in [0, 0.05) is 0 Å². The van der Waals surface area contributed by atoms with Gasteiger partial charge in [-0.1, -0.05) is 84.5 Å². The second-order valence-electron chi connectivity index (χ2n) is 6.61. The van der Waals surface area contributed by atoms with Crippen LogP contribution >= 0.6 is 27.3 Å². The Kier molecular flexibility index (Phi) is 12.5. The van der Waals surface area contributed by atoms with Gasteiger partial charge in [-0.05, 0) is 51.7 Å². The minimum atomic E-state index is 0.785. The van der Waals surface area contributed by atoms with Gasteiger partial charge >= 0.3 is 0 Å². The van der Waals surface area contributed by atoms with Crippen molar-refractivity contribution in [3.05, 3.63) is 20.8 Å². The maximum Gasteiger partial charge on any atom is 0.0733 e. The van der Waals surface area contributed by atoms with E-state index in [9.17, 15) is 0 Å². The van der Waals surface area contributed by atoms with E-state index in [1.165, 1.54) is 87.3 Å². The average Bonchev–Trinajstić information content (AvgIpc) is 2.94. The van der Waals surface area contributed by atoms with E-state index in [4.69, 9.17) is 0 Å². The summed E-state index contributed by atoms with van der Waals surface area (Å²) in [6.45, 7) is 4.59. The molecule has 22 heavy (non-hydrogen) atoms. The van der Waals surface area contributed by atoms with Gasteiger partial charge in [0.25, 0.3) is 0 Å². The largest absolute Gasteiger partial charge is 0.137 e. The molecule has 128 valence electrons. The predicted molar refractivity (Wildman–Crippen MR) is 106 cm³/mol. The van der Waals surface area contributed by atoms with Crippen LogP contribution in [0.2, 0.25) is 0 Å². The quantitative estimate of drug-likeness (QED) is 0.280. The lowest BCUT2D eigenvalue weighted by Gasteiger charge is -2.17. The van der Waals surface area contributed by atoms with Crippen molar-refractivity contribution in [2.24, 2.45) is 0 Å². The van der Waals surface area contributed by atoms with E-state index in [1.54, 1.807) is 5.56 Å². The summed E-state index contributed by atoms with van der Waals surface area (Å²) < 4.78 is 1.37. The molecule has 1 aromatic rings. The number of hydrogen-bond donors (Lipinski definition) is 0. The zero-order valence-corrected chi connectivity index (χ0v) is 17.1. The molecular formula is C20H35BrS. The summed E-state index contributed by atoms with van der Waals surface area (Å²) in [4.78, 5) is 0. The molecule has 0 aliphatic rings. The van der Waals surface area contributed by atoms with Gasteiger partial charge in [-0.25, -0.2) is 0 Å². The highest BCUT2D eigenvalue weighted by atomic mass is 79.9. The van der Waals surface area contributed by atoms with Crippen LogP contribution < -0.4 is 0 Å². The van der Waals surface area contributed by atoms with Crippen LogP contribution in [0.3, 0.4) is 0 Å². The minimum Gasteiger partial charge on any atom is -0.137 e. The van der Waals surface area contributed by atoms with Crippen molar-refractivity contribution in [3.63, 3.8) is 0 Å². The van der Waals surface area contributed by atoms with Crippen molar-refractivity contribution in [3.8, 4) is 0 Å². The van der Waals surface area contributed by atoms with Crippen molar-refractivity contribution in [1.29, 1.82) is 0 Å². The molecule has 1 aromatic heterocycles. The van der Waals surface area contributed by atoms with Crippen LogP contribution in [-0.2, 0) is 0 Å². The minimum absolute atomic E-state index is 0.785. The molecular weight excluding hydrogens is 352 g/mol. The third kappa shape index (κ3) is 8.72. The molecule has 0 aromatic carbocycles. The molecule has 0 fully saturated rings. The van der Waals surface area contributed by atoms with E-state index in [-0.39, 0.29) is 0 Å². The summed E-state index contributed by atoms with van der Waals surface area (Å²) in [7, 11) is 0. The van der Waals surface area contributed by atoms with Gasteiger partial charge in [0.2, 0.25) is 0 Å². The summed E-state index contributed by atoms with van der Waals surface area (Å²) in [5.41, 5.74) is 1.58. The van der Waals surface area contributed by atoms with Gasteiger partial charge < -0.3 is 0 Å². The molecule has 2 heteroatoms. The standard InChI is InChI=1S/C20H35BrS/c1-3-5-7-9-10-11-13-15-18(14-12-8-6-4-2)19-16-17-22-20(19)21/h16-18H,3-15H2,1-2H3. The van der Waals surface area contributed by atoms with Crippen LogP contribution in [0, 0.1) is 0 Å². The number of halogens is 1. The van der Waals surface area contributed by atoms with Crippen LogP contribution in [0.5, 0.6) is 0 Å². The average molecular weight is 387 g/mol. The van der Waals surface area contributed by atoms with Gasteiger partial charge in [0.05, 0.1) is 3.79 Å². The first kappa shape index (κ1) is 20.2. The molecule has 1 unspecified atom stereocenters. The van der Waals surface area contributed by atoms with Crippen LogP contribution in [0.1, 0.15) is 109 Å². The maximum atomic E-state index is 3.76. The first-order valence-corrected chi connectivity index (χ1v) is 11.2. The highest BCUT2D eigenvalue weighted by Gasteiger charge is 2.15. The number of unbranched alkanes of at least 4 members (excludes halogenated alkanes) is 9. The highest BCUT2D eigenvalue weighted by molar-refractivity contribution is 9.11. The fraction of sp³-hybridized carbons (Fsp3) is 0.800. The molecule has 1 atom stereocenters. The Morgan fingerprint density at radius 3 is 1.82 bits per heavy atom. The van der Waals surface area contributed by atoms with Gasteiger partial charge in [-0.15, -0.1) is 11.3 Å². The summed E-state index contributed by atoms with van der Waals surface area (Å²) in [5.74, 6) is 0.785. The van der Waals surface area contributed by atoms with Crippen molar-refractivity contribution in [1.82, 2.24) is 0 Å². The van der Waals surface area contributed by atoms with Crippen molar-refractivity contribution >= 4 is 27.3 Å². The Labute approximate surface area is 151 Å². The molecule has 0 aliphatic heterocycles. The second kappa shape index (κ2) is 13.6. The van der Waals surface area contributed by atoms with E-state index in [2.05, 4.69) is 41.2 Å². The smallest absolute Gasteiger partial charge is 0.0733 e. The van der Waals surface area contributed by atoms with E-state index in [0.717, 1.165) is 5.92 Å². The fourth-order valence-corrected chi connectivity index (χ4v) is 4.70. The van der Waals surface area contributed by atoms with Gasteiger partial charge in [-0.2, -0.15) is 0 Å². The summed E-state index contributed by atoms with van der Waals surface area (Å²) in [6, 6.07) is 2.35. The van der Waals surface area contributed by atoms with Gasteiger partial charge in [0.15, 0.2) is 0 Å². The molecule has 0 aliphatic carbocycles. The number of thiophene rings is 1. The van der Waals surface area contributed by atoms with Crippen LogP contribution in [0.25, 0.3) is 0 Å². The summed E-state index contributed by atoms with van der Waals surface area (Å²) >= 11 is 5.61. The summed E-state index contributed by atoms with van der Waals surface area (Å²) in [5, 5.41) is 2.24.